The van der Waals surface area contributed by atoms with Crippen molar-refractivity contribution >= 4 is 17.7 Å². The number of benzene rings is 1. The number of halogens is 1. The number of primary amides is 1. The second-order valence-electron chi connectivity index (χ2n) is 7.53. The zero-order valence-corrected chi connectivity index (χ0v) is 15.2. The maximum absolute atomic E-state index is 13.1. The molecular formula is C20H20FN3O4. The molecule has 0 radical (unpaired) electrons. The van der Waals surface area contributed by atoms with Crippen molar-refractivity contribution in [2.75, 3.05) is 26.2 Å². The average Bonchev–Trinajstić information content (AvgIpc) is 3.15. The van der Waals surface area contributed by atoms with Crippen LogP contribution in [0.25, 0.3) is 11.3 Å². The summed E-state index contributed by atoms with van der Waals surface area (Å²) in [5.41, 5.74) is 5.55. The summed E-state index contributed by atoms with van der Waals surface area (Å²) in [7, 11) is 0. The Morgan fingerprint density at radius 2 is 1.68 bits per heavy atom. The number of piperidine rings is 1. The second-order valence-corrected chi connectivity index (χ2v) is 7.53. The molecule has 3 heterocycles. The standard InChI is InChI=1S/C20H20FN3O4/c21-14-4-2-13(3-5-14)15-6-7-16(28-15)18(26)23-9-1-8-20(10-23)11-24(12-20)19(27)17(22)25/h2-7H,1,8-12H2,(H2,22,25). The van der Waals surface area contributed by atoms with Crippen LogP contribution in [-0.2, 0) is 9.59 Å². The fourth-order valence-corrected chi connectivity index (χ4v) is 4.08. The number of rotatable bonds is 2. The van der Waals surface area contributed by atoms with Crippen molar-refractivity contribution in [3.63, 3.8) is 0 Å². The van der Waals surface area contributed by atoms with E-state index in [0.717, 1.165) is 12.8 Å². The monoisotopic (exact) mass is 385 g/mol. The minimum Gasteiger partial charge on any atom is -0.451 e. The predicted molar refractivity (Wildman–Crippen MR) is 97.4 cm³/mol. The molecule has 4 rings (SSSR count). The lowest BCUT2D eigenvalue weighted by Crippen LogP contribution is -2.66. The summed E-state index contributed by atoms with van der Waals surface area (Å²) in [6, 6.07) is 9.17. The van der Waals surface area contributed by atoms with Crippen molar-refractivity contribution in [1.29, 1.82) is 0 Å². The van der Waals surface area contributed by atoms with Crippen molar-refractivity contribution in [3.8, 4) is 11.3 Å². The van der Waals surface area contributed by atoms with Crippen molar-refractivity contribution in [2.24, 2.45) is 11.1 Å². The molecule has 2 aliphatic rings. The molecule has 0 atom stereocenters. The first-order valence-corrected chi connectivity index (χ1v) is 9.11. The van der Waals surface area contributed by atoms with Crippen LogP contribution in [0.2, 0.25) is 0 Å². The molecule has 28 heavy (non-hydrogen) atoms. The van der Waals surface area contributed by atoms with Gasteiger partial charge in [0.25, 0.3) is 5.91 Å². The molecule has 0 saturated carbocycles. The zero-order valence-electron chi connectivity index (χ0n) is 15.2. The highest BCUT2D eigenvalue weighted by Gasteiger charge is 2.49. The summed E-state index contributed by atoms with van der Waals surface area (Å²) < 4.78 is 18.8. The van der Waals surface area contributed by atoms with Gasteiger partial charge in [0, 0.05) is 37.2 Å². The van der Waals surface area contributed by atoms with E-state index < -0.39 is 11.8 Å². The van der Waals surface area contributed by atoms with E-state index in [2.05, 4.69) is 0 Å². The van der Waals surface area contributed by atoms with Gasteiger partial charge in [0.2, 0.25) is 0 Å². The summed E-state index contributed by atoms with van der Waals surface area (Å²) in [5.74, 6) is -1.47. The summed E-state index contributed by atoms with van der Waals surface area (Å²) in [6.07, 6.45) is 1.70. The van der Waals surface area contributed by atoms with Crippen LogP contribution in [0.5, 0.6) is 0 Å². The normalized spacial score (nSPS) is 18.0. The number of carbonyl (C=O) groups excluding carboxylic acids is 3. The molecule has 2 aliphatic heterocycles. The van der Waals surface area contributed by atoms with Crippen LogP contribution in [-0.4, -0.2) is 53.7 Å². The Labute approximate surface area is 160 Å². The third-order valence-corrected chi connectivity index (χ3v) is 5.44. The molecule has 2 N–H and O–H groups in total. The van der Waals surface area contributed by atoms with Gasteiger partial charge in [-0.1, -0.05) is 0 Å². The highest BCUT2D eigenvalue weighted by atomic mass is 19.1. The lowest BCUT2D eigenvalue weighted by Gasteiger charge is -2.54. The molecule has 8 heteroatoms. The molecule has 2 aromatic rings. The Bertz CT molecular complexity index is 931. The first-order valence-electron chi connectivity index (χ1n) is 9.11. The molecule has 0 aliphatic carbocycles. The Morgan fingerprint density at radius 3 is 2.36 bits per heavy atom. The highest BCUT2D eigenvalue weighted by Crippen LogP contribution is 2.39. The van der Waals surface area contributed by atoms with E-state index in [1.54, 1.807) is 29.2 Å². The van der Waals surface area contributed by atoms with Gasteiger partial charge in [-0.05, 0) is 49.2 Å². The van der Waals surface area contributed by atoms with Gasteiger partial charge in [0.05, 0.1) is 0 Å². The van der Waals surface area contributed by atoms with Gasteiger partial charge in [0.15, 0.2) is 5.76 Å². The van der Waals surface area contributed by atoms with Crippen molar-refractivity contribution in [3.05, 3.63) is 48.0 Å². The van der Waals surface area contributed by atoms with E-state index in [1.807, 2.05) is 0 Å². The van der Waals surface area contributed by atoms with Crippen LogP contribution in [0.4, 0.5) is 4.39 Å². The molecule has 0 bridgehead atoms. The Kier molecular flexibility index (Phi) is 4.41. The van der Waals surface area contributed by atoms with Crippen LogP contribution in [0.3, 0.4) is 0 Å². The van der Waals surface area contributed by atoms with Gasteiger partial charge in [-0.2, -0.15) is 0 Å². The lowest BCUT2D eigenvalue weighted by atomic mass is 9.73. The van der Waals surface area contributed by atoms with Gasteiger partial charge < -0.3 is 20.0 Å². The fourth-order valence-electron chi connectivity index (χ4n) is 4.08. The van der Waals surface area contributed by atoms with E-state index in [4.69, 9.17) is 10.2 Å². The zero-order chi connectivity index (χ0) is 19.9. The van der Waals surface area contributed by atoms with E-state index in [0.29, 0.717) is 37.5 Å². The van der Waals surface area contributed by atoms with Crippen LogP contribution in [0, 0.1) is 11.2 Å². The molecular weight excluding hydrogens is 365 g/mol. The quantitative estimate of drug-likeness (QED) is 0.795. The third-order valence-electron chi connectivity index (χ3n) is 5.44. The van der Waals surface area contributed by atoms with Gasteiger partial charge in [-0.25, -0.2) is 4.39 Å². The van der Waals surface area contributed by atoms with Crippen LogP contribution >= 0.6 is 0 Å². The SMILES string of the molecule is NC(=O)C(=O)N1CC2(CCCN(C(=O)c3ccc(-c4ccc(F)cc4)o3)C2)C1. The van der Waals surface area contributed by atoms with Crippen molar-refractivity contribution < 1.29 is 23.2 Å². The molecule has 2 fully saturated rings. The minimum atomic E-state index is -0.956. The lowest BCUT2D eigenvalue weighted by molar-refractivity contribution is -0.154. The molecule has 0 unspecified atom stereocenters. The topological polar surface area (TPSA) is 96.9 Å². The molecule has 1 spiro atoms. The van der Waals surface area contributed by atoms with Gasteiger partial charge in [0.1, 0.15) is 11.6 Å². The molecule has 1 aromatic heterocycles. The number of likely N-dealkylation sites (tertiary alicyclic amines) is 2. The Balaban J connectivity index is 1.43. The van der Waals surface area contributed by atoms with Crippen LogP contribution in [0.15, 0.2) is 40.8 Å². The first kappa shape index (κ1) is 18.2. The molecule has 3 amide bonds. The number of nitrogens with two attached hydrogens (primary N) is 1. The second kappa shape index (κ2) is 6.78. The van der Waals surface area contributed by atoms with Crippen molar-refractivity contribution in [1.82, 2.24) is 9.80 Å². The maximum Gasteiger partial charge on any atom is 0.311 e. The summed E-state index contributed by atoms with van der Waals surface area (Å²) in [4.78, 5) is 38.7. The smallest absolute Gasteiger partial charge is 0.311 e. The van der Waals surface area contributed by atoms with Gasteiger partial charge in [-0.3, -0.25) is 14.4 Å². The number of amides is 3. The average molecular weight is 385 g/mol. The largest absolute Gasteiger partial charge is 0.451 e. The number of hydrogen-bond donors (Lipinski definition) is 1. The summed E-state index contributed by atoms with van der Waals surface area (Å²) in [6.45, 7) is 1.97. The van der Waals surface area contributed by atoms with Gasteiger partial charge >= 0.3 is 11.8 Å². The minimum absolute atomic E-state index is 0.189. The molecule has 146 valence electrons. The van der Waals surface area contributed by atoms with Crippen molar-refractivity contribution in [2.45, 2.75) is 12.8 Å². The van der Waals surface area contributed by atoms with Crippen LogP contribution < -0.4 is 5.73 Å². The molecule has 1 aromatic carbocycles. The fraction of sp³-hybridized carbons (Fsp3) is 0.350. The van der Waals surface area contributed by atoms with Gasteiger partial charge in [-0.15, -0.1) is 0 Å². The third kappa shape index (κ3) is 3.26. The van der Waals surface area contributed by atoms with E-state index in [1.165, 1.54) is 17.0 Å². The van der Waals surface area contributed by atoms with Crippen LogP contribution in [0.1, 0.15) is 23.4 Å². The summed E-state index contributed by atoms with van der Waals surface area (Å²) in [5, 5.41) is 0. The Morgan fingerprint density at radius 1 is 1.00 bits per heavy atom. The Hall–Kier alpha value is -3.16. The number of hydrogen-bond acceptors (Lipinski definition) is 4. The number of carbonyl (C=O) groups is 3. The first-order chi connectivity index (χ1) is 13.4. The van der Waals surface area contributed by atoms with E-state index >= 15 is 0 Å². The highest BCUT2D eigenvalue weighted by molar-refractivity contribution is 6.34. The molecule has 2 saturated heterocycles. The number of furan rings is 1. The van der Waals surface area contributed by atoms with E-state index in [9.17, 15) is 18.8 Å². The molecule has 7 nitrogen and oxygen atoms in total. The summed E-state index contributed by atoms with van der Waals surface area (Å²) >= 11 is 0. The van der Waals surface area contributed by atoms with E-state index in [-0.39, 0.29) is 22.9 Å². The maximum atomic E-state index is 13.1. The number of nitrogens with zero attached hydrogens (tertiary/aromatic N) is 2. The predicted octanol–water partition coefficient (Wildman–Crippen LogP) is 1.64.